The number of thioether (sulfide) groups is 1. The zero-order valence-electron chi connectivity index (χ0n) is 10.6. The van der Waals surface area contributed by atoms with E-state index in [2.05, 4.69) is 44.2 Å². The largest absolute Gasteiger partial charge is 0.294 e. The molecule has 1 aromatic carbocycles. The number of hydrogen-bond donors (Lipinski definition) is 0. The van der Waals surface area contributed by atoms with E-state index < -0.39 is 0 Å². The van der Waals surface area contributed by atoms with Gasteiger partial charge in [0.15, 0.2) is 5.78 Å². The van der Waals surface area contributed by atoms with Gasteiger partial charge in [-0.2, -0.15) is 0 Å². The van der Waals surface area contributed by atoms with Crippen LogP contribution in [0.3, 0.4) is 0 Å². The zero-order valence-corrected chi connectivity index (χ0v) is 11.5. The fourth-order valence-electron chi connectivity index (χ4n) is 2.55. The van der Waals surface area contributed by atoms with E-state index in [-0.39, 0.29) is 5.92 Å². The highest BCUT2D eigenvalue weighted by Gasteiger charge is 2.31. The van der Waals surface area contributed by atoms with Crippen LogP contribution in [0.1, 0.15) is 19.4 Å². The summed E-state index contributed by atoms with van der Waals surface area (Å²) in [6, 6.07) is 8.37. The maximum atomic E-state index is 12.5. The Kier molecular flexibility index (Phi) is 2.90. The minimum atomic E-state index is 0.0645. The van der Waals surface area contributed by atoms with Gasteiger partial charge in [-0.15, -0.1) is 0 Å². The monoisotopic (exact) mass is 256 g/mol. The summed E-state index contributed by atoms with van der Waals surface area (Å²) >= 11 is 1.73. The molecule has 3 rings (SSSR count). The number of allylic oxidation sites excluding steroid dienone is 3. The van der Waals surface area contributed by atoms with Crippen LogP contribution in [0.25, 0.3) is 0 Å². The average Bonchev–Trinajstić information content (AvgIpc) is 2.37. The summed E-state index contributed by atoms with van der Waals surface area (Å²) in [5.41, 5.74) is 2.30. The number of fused-ring (bicyclic) bond motifs is 1. The fraction of sp³-hybridized carbons (Fsp3) is 0.312. The Labute approximate surface area is 112 Å². The zero-order chi connectivity index (χ0) is 12.7. The number of Topliss-reactive ketones (excluding diaryl/α,β-unsaturated/α-hetero) is 1. The number of ketones is 1. The molecule has 0 bridgehead atoms. The molecular weight excluding hydrogens is 240 g/mol. The molecule has 0 saturated heterocycles. The summed E-state index contributed by atoms with van der Waals surface area (Å²) < 4.78 is 0. The topological polar surface area (TPSA) is 17.1 Å². The number of rotatable bonds is 1. The third-order valence-electron chi connectivity index (χ3n) is 3.63. The van der Waals surface area contributed by atoms with Crippen LogP contribution >= 0.6 is 11.8 Å². The molecule has 0 fully saturated rings. The Bertz CT molecular complexity index is 566. The SMILES string of the molecule is CC(C)C1C=CC2=C(Cc3ccccc3S2)C1=O. The summed E-state index contributed by atoms with van der Waals surface area (Å²) in [5, 5.41) is 0. The van der Waals surface area contributed by atoms with E-state index in [1.165, 1.54) is 10.5 Å². The van der Waals surface area contributed by atoms with Crippen molar-refractivity contribution in [3.63, 3.8) is 0 Å². The summed E-state index contributed by atoms with van der Waals surface area (Å²) in [5.74, 6) is 0.768. The predicted octanol–water partition coefficient (Wildman–Crippen LogP) is 4.00. The van der Waals surface area contributed by atoms with Gasteiger partial charge >= 0.3 is 0 Å². The first-order valence-electron chi connectivity index (χ1n) is 6.38. The molecule has 2 aliphatic rings. The van der Waals surface area contributed by atoms with Gasteiger partial charge in [-0.05, 0) is 17.5 Å². The lowest BCUT2D eigenvalue weighted by atomic mass is 9.82. The molecule has 1 aliphatic carbocycles. The summed E-state index contributed by atoms with van der Waals surface area (Å²) in [4.78, 5) is 14.9. The highest BCUT2D eigenvalue weighted by atomic mass is 32.2. The van der Waals surface area contributed by atoms with Crippen molar-refractivity contribution in [3.8, 4) is 0 Å². The molecule has 92 valence electrons. The Balaban J connectivity index is 1.98. The van der Waals surface area contributed by atoms with Gasteiger partial charge in [0.1, 0.15) is 0 Å². The molecule has 0 N–H and O–H groups in total. The summed E-state index contributed by atoms with van der Waals surface area (Å²) in [7, 11) is 0. The molecule has 1 atom stereocenters. The molecule has 1 aromatic rings. The third-order valence-corrected chi connectivity index (χ3v) is 4.85. The molecule has 0 amide bonds. The molecule has 0 saturated carbocycles. The second-order valence-electron chi connectivity index (χ2n) is 5.22. The van der Waals surface area contributed by atoms with Gasteiger partial charge in [-0.25, -0.2) is 0 Å². The highest BCUT2D eigenvalue weighted by molar-refractivity contribution is 8.03. The normalized spacial score (nSPS) is 22.2. The highest BCUT2D eigenvalue weighted by Crippen LogP contribution is 2.42. The lowest BCUT2D eigenvalue weighted by Crippen LogP contribution is -2.25. The van der Waals surface area contributed by atoms with Gasteiger partial charge in [0.2, 0.25) is 0 Å². The molecule has 1 nitrogen and oxygen atoms in total. The van der Waals surface area contributed by atoms with E-state index in [1.54, 1.807) is 11.8 Å². The number of benzene rings is 1. The number of carbonyl (C=O) groups is 1. The second kappa shape index (κ2) is 4.43. The van der Waals surface area contributed by atoms with Crippen molar-refractivity contribution in [3.05, 3.63) is 52.5 Å². The standard InChI is InChI=1S/C16H16OS/c1-10(2)12-7-8-15-13(16(12)17)9-11-5-3-4-6-14(11)18-15/h3-8,10,12H,9H2,1-2H3. The molecular formula is C16H16OS. The second-order valence-corrected chi connectivity index (χ2v) is 6.31. The molecule has 2 heteroatoms. The third kappa shape index (κ3) is 1.85. The minimum Gasteiger partial charge on any atom is -0.294 e. The predicted molar refractivity (Wildman–Crippen MR) is 75.5 cm³/mol. The lowest BCUT2D eigenvalue weighted by molar-refractivity contribution is -0.119. The molecule has 0 spiro atoms. The van der Waals surface area contributed by atoms with E-state index >= 15 is 0 Å². The van der Waals surface area contributed by atoms with Crippen LogP contribution in [0, 0.1) is 11.8 Å². The summed E-state index contributed by atoms with van der Waals surface area (Å²) in [6.07, 6.45) is 5.01. The molecule has 0 radical (unpaired) electrons. The average molecular weight is 256 g/mol. The molecule has 0 aromatic heterocycles. The molecule has 1 aliphatic heterocycles. The Morgan fingerprint density at radius 2 is 2.06 bits per heavy atom. The minimum absolute atomic E-state index is 0.0645. The Morgan fingerprint density at radius 3 is 2.83 bits per heavy atom. The first-order valence-corrected chi connectivity index (χ1v) is 7.20. The van der Waals surface area contributed by atoms with Gasteiger partial charge in [0, 0.05) is 27.7 Å². The molecule has 1 heterocycles. The van der Waals surface area contributed by atoms with Crippen LogP contribution in [0.4, 0.5) is 0 Å². The van der Waals surface area contributed by atoms with Crippen LogP contribution in [-0.4, -0.2) is 5.78 Å². The Hall–Kier alpha value is -1.28. The Morgan fingerprint density at radius 1 is 1.28 bits per heavy atom. The van der Waals surface area contributed by atoms with Gasteiger partial charge < -0.3 is 0 Å². The van der Waals surface area contributed by atoms with Crippen molar-refractivity contribution in [1.29, 1.82) is 0 Å². The van der Waals surface area contributed by atoms with Crippen LogP contribution < -0.4 is 0 Å². The first-order chi connectivity index (χ1) is 8.66. The van der Waals surface area contributed by atoms with E-state index in [4.69, 9.17) is 0 Å². The van der Waals surface area contributed by atoms with E-state index in [9.17, 15) is 4.79 Å². The van der Waals surface area contributed by atoms with Crippen molar-refractivity contribution >= 4 is 17.5 Å². The molecule has 18 heavy (non-hydrogen) atoms. The van der Waals surface area contributed by atoms with Crippen LogP contribution in [0.5, 0.6) is 0 Å². The van der Waals surface area contributed by atoms with Crippen molar-refractivity contribution in [1.82, 2.24) is 0 Å². The van der Waals surface area contributed by atoms with Crippen molar-refractivity contribution in [2.24, 2.45) is 11.8 Å². The maximum absolute atomic E-state index is 12.5. The molecule has 1 unspecified atom stereocenters. The van der Waals surface area contributed by atoms with Gasteiger partial charge in [-0.1, -0.05) is 56.0 Å². The van der Waals surface area contributed by atoms with E-state index in [0.717, 1.165) is 16.9 Å². The van der Waals surface area contributed by atoms with Crippen LogP contribution in [0.2, 0.25) is 0 Å². The van der Waals surface area contributed by atoms with Crippen molar-refractivity contribution < 1.29 is 4.79 Å². The van der Waals surface area contributed by atoms with E-state index in [0.29, 0.717) is 11.7 Å². The first kappa shape index (κ1) is 11.8. The quantitative estimate of drug-likeness (QED) is 0.755. The van der Waals surface area contributed by atoms with Crippen molar-refractivity contribution in [2.75, 3.05) is 0 Å². The summed E-state index contributed by atoms with van der Waals surface area (Å²) in [6.45, 7) is 4.23. The van der Waals surface area contributed by atoms with Gasteiger partial charge in [0.05, 0.1) is 0 Å². The fourth-order valence-corrected chi connectivity index (χ4v) is 3.65. The van der Waals surface area contributed by atoms with Crippen molar-refractivity contribution in [2.45, 2.75) is 25.2 Å². The number of hydrogen-bond acceptors (Lipinski definition) is 2. The maximum Gasteiger partial charge on any atom is 0.167 e. The smallest absolute Gasteiger partial charge is 0.167 e. The van der Waals surface area contributed by atoms with Gasteiger partial charge in [-0.3, -0.25) is 4.79 Å². The lowest BCUT2D eigenvalue weighted by Gasteiger charge is -2.27. The van der Waals surface area contributed by atoms with Crippen LogP contribution in [-0.2, 0) is 11.2 Å². The van der Waals surface area contributed by atoms with Crippen LogP contribution in [0.15, 0.2) is 51.8 Å². The van der Waals surface area contributed by atoms with E-state index in [1.807, 2.05) is 6.07 Å². The number of carbonyl (C=O) groups excluding carboxylic acids is 1. The van der Waals surface area contributed by atoms with Gasteiger partial charge in [0.25, 0.3) is 0 Å².